The Morgan fingerprint density at radius 1 is 1.24 bits per heavy atom. The second-order valence-electron chi connectivity index (χ2n) is 5.94. The minimum Gasteiger partial charge on any atom is -0.335 e. The molecule has 0 spiro atoms. The highest BCUT2D eigenvalue weighted by atomic mass is 16.2. The highest BCUT2D eigenvalue weighted by molar-refractivity contribution is 5.73. The zero-order valence-electron chi connectivity index (χ0n) is 11.4. The van der Waals surface area contributed by atoms with E-state index >= 15 is 0 Å². The van der Waals surface area contributed by atoms with Crippen molar-refractivity contribution < 1.29 is 4.79 Å². The van der Waals surface area contributed by atoms with E-state index in [1.807, 2.05) is 0 Å². The fourth-order valence-corrected chi connectivity index (χ4v) is 3.48. The molecule has 2 heterocycles. The standard InChI is InChI=1S/C13H25N3O/c1-9(2)16-11-5-6-12(16)8-10(7-11)14-13(17)15(3)4/h9-12H,5-8H2,1-4H3,(H,14,17)/t10?,11-,12+. The predicted molar refractivity (Wildman–Crippen MR) is 69.0 cm³/mol. The highest BCUT2D eigenvalue weighted by Crippen LogP contribution is 2.37. The number of nitrogens with zero attached hydrogens (tertiary/aromatic N) is 2. The lowest BCUT2D eigenvalue weighted by Gasteiger charge is -2.41. The Hall–Kier alpha value is -0.770. The Bertz CT molecular complexity index is 276. The van der Waals surface area contributed by atoms with Gasteiger partial charge in [-0.3, -0.25) is 4.90 Å². The molecular weight excluding hydrogens is 214 g/mol. The molecule has 1 unspecified atom stereocenters. The van der Waals surface area contributed by atoms with Crippen molar-refractivity contribution >= 4 is 6.03 Å². The molecule has 2 fully saturated rings. The molecule has 2 bridgehead atoms. The third-order valence-electron chi connectivity index (χ3n) is 4.12. The van der Waals surface area contributed by atoms with Crippen molar-refractivity contribution in [2.45, 2.75) is 63.7 Å². The molecule has 4 nitrogen and oxygen atoms in total. The summed E-state index contributed by atoms with van der Waals surface area (Å²) in [5, 5.41) is 3.14. The van der Waals surface area contributed by atoms with Crippen LogP contribution in [0.1, 0.15) is 39.5 Å². The van der Waals surface area contributed by atoms with E-state index in [0.717, 1.165) is 12.8 Å². The van der Waals surface area contributed by atoms with Gasteiger partial charge in [0.25, 0.3) is 0 Å². The number of fused-ring (bicyclic) bond motifs is 2. The second kappa shape index (κ2) is 4.84. The van der Waals surface area contributed by atoms with Crippen LogP contribution in [0.15, 0.2) is 0 Å². The molecule has 0 aromatic rings. The van der Waals surface area contributed by atoms with Crippen LogP contribution in [0.25, 0.3) is 0 Å². The maximum absolute atomic E-state index is 11.7. The largest absolute Gasteiger partial charge is 0.335 e. The average Bonchev–Trinajstić information content (AvgIpc) is 2.51. The Morgan fingerprint density at radius 3 is 2.18 bits per heavy atom. The molecule has 2 rings (SSSR count). The molecule has 0 aromatic carbocycles. The van der Waals surface area contributed by atoms with Gasteiger partial charge in [0.05, 0.1) is 0 Å². The van der Waals surface area contributed by atoms with Crippen LogP contribution < -0.4 is 5.32 Å². The highest BCUT2D eigenvalue weighted by Gasteiger charge is 2.42. The van der Waals surface area contributed by atoms with Gasteiger partial charge in [0.2, 0.25) is 0 Å². The number of piperidine rings is 1. The van der Waals surface area contributed by atoms with E-state index in [0.29, 0.717) is 24.2 Å². The zero-order valence-corrected chi connectivity index (χ0v) is 11.4. The van der Waals surface area contributed by atoms with Gasteiger partial charge in [0.15, 0.2) is 0 Å². The summed E-state index contributed by atoms with van der Waals surface area (Å²) < 4.78 is 0. The molecular formula is C13H25N3O. The first-order valence-electron chi connectivity index (χ1n) is 6.74. The quantitative estimate of drug-likeness (QED) is 0.795. The lowest BCUT2D eigenvalue weighted by Crippen LogP contribution is -2.53. The molecule has 2 amide bonds. The lowest BCUT2D eigenvalue weighted by atomic mass is 9.96. The topological polar surface area (TPSA) is 35.6 Å². The van der Waals surface area contributed by atoms with Crippen molar-refractivity contribution in [2.75, 3.05) is 14.1 Å². The summed E-state index contributed by atoms with van der Waals surface area (Å²) in [6, 6.07) is 2.42. The van der Waals surface area contributed by atoms with Crippen LogP contribution in [0.4, 0.5) is 4.79 Å². The first-order chi connectivity index (χ1) is 7.99. The lowest BCUT2D eigenvalue weighted by molar-refractivity contribution is 0.0857. The van der Waals surface area contributed by atoms with E-state index in [9.17, 15) is 4.79 Å². The van der Waals surface area contributed by atoms with E-state index in [1.165, 1.54) is 12.8 Å². The van der Waals surface area contributed by atoms with Gasteiger partial charge in [-0.2, -0.15) is 0 Å². The van der Waals surface area contributed by atoms with Crippen LogP contribution in [-0.2, 0) is 0 Å². The van der Waals surface area contributed by atoms with Gasteiger partial charge in [-0.05, 0) is 39.5 Å². The first-order valence-corrected chi connectivity index (χ1v) is 6.74. The monoisotopic (exact) mass is 239 g/mol. The fraction of sp³-hybridized carbons (Fsp3) is 0.923. The van der Waals surface area contributed by atoms with Gasteiger partial charge in [-0.25, -0.2) is 4.79 Å². The first kappa shape index (κ1) is 12.7. The number of hydrogen-bond acceptors (Lipinski definition) is 2. The Labute approximate surface area is 104 Å². The molecule has 0 aromatic heterocycles. The minimum atomic E-state index is 0.0485. The summed E-state index contributed by atoms with van der Waals surface area (Å²) in [6.45, 7) is 4.56. The summed E-state index contributed by atoms with van der Waals surface area (Å²) in [6.07, 6.45) is 4.84. The normalized spacial score (nSPS) is 32.9. The van der Waals surface area contributed by atoms with E-state index in [2.05, 4.69) is 24.1 Å². The zero-order chi connectivity index (χ0) is 12.6. The molecule has 0 saturated carbocycles. The molecule has 2 saturated heterocycles. The number of hydrogen-bond donors (Lipinski definition) is 1. The van der Waals surface area contributed by atoms with Crippen LogP contribution in [0.5, 0.6) is 0 Å². The molecule has 0 aliphatic carbocycles. The minimum absolute atomic E-state index is 0.0485. The van der Waals surface area contributed by atoms with Gasteiger partial charge >= 0.3 is 6.03 Å². The summed E-state index contributed by atoms with van der Waals surface area (Å²) >= 11 is 0. The van der Waals surface area contributed by atoms with Crippen molar-refractivity contribution in [1.82, 2.24) is 15.1 Å². The van der Waals surface area contributed by atoms with Crippen molar-refractivity contribution in [3.05, 3.63) is 0 Å². The number of urea groups is 1. The molecule has 2 aliphatic rings. The van der Waals surface area contributed by atoms with Crippen LogP contribution in [0, 0.1) is 0 Å². The van der Waals surface area contributed by atoms with E-state index in [4.69, 9.17) is 0 Å². The van der Waals surface area contributed by atoms with Crippen LogP contribution in [0.3, 0.4) is 0 Å². The third kappa shape index (κ3) is 2.57. The maximum atomic E-state index is 11.7. The van der Waals surface area contributed by atoms with Crippen molar-refractivity contribution in [2.24, 2.45) is 0 Å². The van der Waals surface area contributed by atoms with Crippen molar-refractivity contribution in [1.29, 1.82) is 0 Å². The second-order valence-corrected chi connectivity index (χ2v) is 5.94. The van der Waals surface area contributed by atoms with E-state index in [1.54, 1.807) is 19.0 Å². The van der Waals surface area contributed by atoms with Crippen molar-refractivity contribution in [3.63, 3.8) is 0 Å². The number of rotatable bonds is 2. The van der Waals surface area contributed by atoms with E-state index in [-0.39, 0.29) is 6.03 Å². The summed E-state index contributed by atoms with van der Waals surface area (Å²) in [5.74, 6) is 0. The summed E-state index contributed by atoms with van der Waals surface area (Å²) in [5.41, 5.74) is 0. The summed E-state index contributed by atoms with van der Waals surface area (Å²) in [4.78, 5) is 15.9. The maximum Gasteiger partial charge on any atom is 0.317 e. The number of nitrogens with one attached hydrogen (secondary N) is 1. The van der Waals surface area contributed by atoms with Crippen LogP contribution in [-0.4, -0.2) is 54.1 Å². The average molecular weight is 239 g/mol. The fourth-order valence-electron chi connectivity index (χ4n) is 3.48. The van der Waals surface area contributed by atoms with Crippen LogP contribution >= 0.6 is 0 Å². The third-order valence-corrected chi connectivity index (χ3v) is 4.12. The molecule has 4 heteroatoms. The molecule has 3 atom stereocenters. The van der Waals surface area contributed by atoms with E-state index < -0.39 is 0 Å². The van der Waals surface area contributed by atoms with Gasteiger partial charge in [-0.1, -0.05) is 0 Å². The van der Waals surface area contributed by atoms with Crippen molar-refractivity contribution in [3.8, 4) is 0 Å². The van der Waals surface area contributed by atoms with Gasteiger partial charge in [-0.15, -0.1) is 0 Å². The summed E-state index contributed by atoms with van der Waals surface area (Å²) in [7, 11) is 3.60. The molecule has 0 radical (unpaired) electrons. The Morgan fingerprint density at radius 2 is 1.76 bits per heavy atom. The molecule has 98 valence electrons. The van der Waals surface area contributed by atoms with Gasteiger partial charge in [0.1, 0.15) is 0 Å². The number of amides is 2. The number of carbonyl (C=O) groups excluding carboxylic acids is 1. The molecule has 17 heavy (non-hydrogen) atoms. The Kier molecular flexibility index (Phi) is 3.61. The SMILES string of the molecule is CC(C)N1[C@@H]2CC[C@H]1CC(NC(=O)N(C)C)C2. The predicted octanol–water partition coefficient (Wildman–Crippen LogP) is 1.66. The smallest absolute Gasteiger partial charge is 0.317 e. The van der Waals surface area contributed by atoms with Crippen LogP contribution in [0.2, 0.25) is 0 Å². The molecule has 1 N–H and O–H groups in total. The Balaban J connectivity index is 1.93. The van der Waals surface area contributed by atoms with Gasteiger partial charge < -0.3 is 10.2 Å². The van der Waals surface area contributed by atoms with Gasteiger partial charge in [0, 0.05) is 38.3 Å². The molecule has 2 aliphatic heterocycles. The number of carbonyl (C=O) groups is 1.